The molecule has 0 atom stereocenters. The summed E-state index contributed by atoms with van der Waals surface area (Å²) in [6.45, 7) is 0. The van der Waals surface area contributed by atoms with E-state index in [0.717, 1.165) is 9.79 Å². The maximum atomic E-state index is 9.16. The van der Waals surface area contributed by atoms with Crippen molar-refractivity contribution in [1.29, 1.82) is 0 Å². The number of aromatic hydroxyl groups is 1. The fourth-order valence-electron chi connectivity index (χ4n) is 1.22. The number of hydrogen-bond acceptors (Lipinski definition) is 3. The molecule has 0 amide bonds. The molecule has 2 aromatic rings. The number of phenols is 1. The zero-order valence-electron chi connectivity index (χ0n) is 8.35. The molecule has 82 valence electrons. The van der Waals surface area contributed by atoms with Gasteiger partial charge >= 0.3 is 0 Å². The van der Waals surface area contributed by atoms with Gasteiger partial charge < -0.3 is 10.8 Å². The lowest BCUT2D eigenvalue weighted by molar-refractivity contribution is 0.475. The maximum absolute atomic E-state index is 9.16. The monoisotopic (exact) mass is 251 g/mol. The van der Waals surface area contributed by atoms with Gasteiger partial charge in [0.2, 0.25) is 0 Å². The highest BCUT2D eigenvalue weighted by Crippen LogP contribution is 2.32. The molecule has 0 saturated carbocycles. The summed E-state index contributed by atoms with van der Waals surface area (Å²) >= 11 is 7.50. The van der Waals surface area contributed by atoms with Crippen molar-refractivity contribution >= 4 is 29.1 Å². The van der Waals surface area contributed by atoms with Crippen LogP contribution in [0, 0.1) is 0 Å². The maximum Gasteiger partial charge on any atom is 0.115 e. The molecule has 0 bridgehead atoms. The summed E-state index contributed by atoms with van der Waals surface area (Å²) in [6.07, 6.45) is 0. The molecule has 16 heavy (non-hydrogen) atoms. The summed E-state index contributed by atoms with van der Waals surface area (Å²) < 4.78 is 0. The molecule has 0 aliphatic rings. The number of hydrogen-bond donors (Lipinski definition) is 2. The quantitative estimate of drug-likeness (QED) is 0.799. The summed E-state index contributed by atoms with van der Waals surface area (Å²) in [5.41, 5.74) is 6.21. The molecule has 0 saturated heterocycles. The lowest BCUT2D eigenvalue weighted by atomic mass is 10.3. The van der Waals surface area contributed by atoms with Gasteiger partial charge in [0.15, 0.2) is 0 Å². The van der Waals surface area contributed by atoms with Crippen LogP contribution in [0.15, 0.2) is 52.3 Å². The number of halogens is 1. The number of nitrogen functional groups attached to an aromatic ring is 1. The van der Waals surface area contributed by atoms with Crippen LogP contribution < -0.4 is 5.73 Å². The molecule has 2 aromatic carbocycles. The highest BCUT2D eigenvalue weighted by atomic mass is 35.5. The van der Waals surface area contributed by atoms with Crippen molar-refractivity contribution in [3.63, 3.8) is 0 Å². The summed E-state index contributed by atoms with van der Waals surface area (Å²) in [7, 11) is 0. The van der Waals surface area contributed by atoms with Crippen molar-refractivity contribution < 1.29 is 5.11 Å². The third-order valence-corrected chi connectivity index (χ3v) is 3.37. The van der Waals surface area contributed by atoms with E-state index in [1.165, 1.54) is 0 Å². The number of nitrogens with two attached hydrogens (primary N) is 1. The molecule has 0 aliphatic carbocycles. The minimum Gasteiger partial charge on any atom is -0.508 e. The lowest BCUT2D eigenvalue weighted by Gasteiger charge is -2.04. The normalized spacial score (nSPS) is 10.3. The summed E-state index contributed by atoms with van der Waals surface area (Å²) in [6, 6.07) is 12.5. The van der Waals surface area contributed by atoms with Crippen LogP contribution in [-0.2, 0) is 0 Å². The lowest BCUT2D eigenvalue weighted by Crippen LogP contribution is -1.85. The standard InChI is InChI=1S/C12H10ClNOS/c13-11-7-10(5-6-12(11)14)16-9-3-1-8(15)2-4-9/h1-7,15H,14H2. The van der Waals surface area contributed by atoms with Gasteiger partial charge in [0.1, 0.15) is 5.75 Å². The van der Waals surface area contributed by atoms with E-state index in [4.69, 9.17) is 22.4 Å². The second kappa shape index (κ2) is 4.68. The number of anilines is 1. The van der Waals surface area contributed by atoms with Crippen LogP contribution in [0.5, 0.6) is 5.75 Å². The molecule has 4 heteroatoms. The molecule has 0 spiro atoms. The summed E-state index contributed by atoms with van der Waals surface area (Å²) in [5, 5.41) is 9.72. The summed E-state index contributed by atoms with van der Waals surface area (Å²) in [4.78, 5) is 2.06. The molecular formula is C12H10ClNOS. The topological polar surface area (TPSA) is 46.2 Å². The molecule has 3 N–H and O–H groups in total. The Morgan fingerprint density at radius 2 is 1.62 bits per heavy atom. The Balaban J connectivity index is 2.20. The third kappa shape index (κ3) is 2.62. The Bertz CT molecular complexity index is 499. The van der Waals surface area contributed by atoms with Gasteiger partial charge in [-0.25, -0.2) is 0 Å². The van der Waals surface area contributed by atoms with Crippen LogP contribution in [0.4, 0.5) is 5.69 Å². The molecule has 0 fully saturated rings. The predicted octanol–water partition coefficient (Wildman–Crippen LogP) is 3.78. The highest BCUT2D eigenvalue weighted by Gasteiger charge is 2.01. The first-order valence-corrected chi connectivity index (χ1v) is 5.86. The first kappa shape index (κ1) is 11.2. The van der Waals surface area contributed by atoms with Crippen molar-refractivity contribution in [2.24, 2.45) is 0 Å². The minimum atomic E-state index is 0.264. The van der Waals surface area contributed by atoms with Gasteiger partial charge in [0.05, 0.1) is 10.7 Å². The van der Waals surface area contributed by atoms with Crippen molar-refractivity contribution in [3.05, 3.63) is 47.5 Å². The van der Waals surface area contributed by atoms with Gasteiger partial charge in [0.25, 0.3) is 0 Å². The zero-order valence-corrected chi connectivity index (χ0v) is 9.92. The predicted molar refractivity (Wildman–Crippen MR) is 68.1 cm³/mol. The molecule has 2 nitrogen and oxygen atoms in total. The number of phenolic OH excluding ortho intramolecular Hbond substituents is 1. The second-order valence-electron chi connectivity index (χ2n) is 3.28. The van der Waals surface area contributed by atoms with Crippen molar-refractivity contribution in [2.45, 2.75) is 9.79 Å². The van der Waals surface area contributed by atoms with E-state index in [-0.39, 0.29) is 5.75 Å². The SMILES string of the molecule is Nc1ccc(Sc2ccc(O)cc2)cc1Cl. The van der Waals surface area contributed by atoms with Crippen molar-refractivity contribution in [2.75, 3.05) is 5.73 Å². The third-order valence-electron chi connectivity index (χ3n) is 2.04. The highest BCUT2D eigenvalue weighted by molar-refractivity contribution is 7.99. The number of rotatable bonds is 2. The van der Waals surface area contributed by atoms with E-state index < -0.39 is 0 Å². The fourth-order valence-corrected chi connectivity index (χ4v) is 2.32. The zero-order chi connectivity index (χ0) is 11.5. The van der Waals surface area contributed by atoms with Crippen LogP contribution >= 0.6 is 23.4 Å². The molecule has 0 radical (unpaired) electrons. The van der Waals surface area contributed by atoms with E-state index >= 15 is 0 Å². The molecule has 0 aliphatic heterocycles. The van der Waals surface area contributed by atoms with Crippen LogP contribution in [0.3, 0.4) is 0 Å². The minimum absolute atomic E-state index is 0.264. The first-order valence-electron chi connectivity index (χ1n) is 4.67. The average Bonchev–Trinajstić information content (AvgIpc) is 2.27. The Morgan fingerprint density at radius 1 is 1.00 bits per heavy atom. The fraction of sp³-hybridized carbons (Fsp3) is 0. The Labute approximate surface area is 103 Å². The molecule has 0 aromatic heterocycles. The van der Waals surface area contributed by atoms with Crippen LogP contribution in [0.25, 0.3) is 0 Å². The van der Waals surface area contributed by atoms with Crippen LogP contribution in [0.2, 0.25) is 5.02 Å². The van der Waals surface area contributed by atoms with Crippen molar-refractivity contribution in [1.82, 2.24) is 0 Å². The van der Waals surface area contributed by atoms with Gasteiger partial charge in [0, 0.05) is 9.79 Å². The van der Waals surface area contributed by atoms with E-state index in [1.54, 1.807) is 30.0 Å². The smallest absolute Gasteiger partial charge is 0.115 e. The van der Waals surface area contributed by atoms with Crippen LogP contribution in [-0.4, -0.2) is 5.11 Å². The van der Waals surface area contributed by atoms with E-state index in [9.17, 15) is 0 Å². The van der Waals surface area contributed by atoms with Gasteiger partial charge in [-0.05, 0) is 42.5 Å². The second-order valence-corrected chi connectivity index (χ2v) is 4.83. The van der Waals surface area contributed by atoms with Gasteiger partial charge in [-0.2, -0.15) is 0 Å². The Hall–Kier alpha value is -1.32. The number of benzene rings is 2. The van der Waals surface area contributed by atoms with E-state index in [1.807, 2.05) is 24.3 Å². The van der Waals surface area contributed by atoms with E-state index in [0.29, 0.717) is 10.7 Å². The Kier molecular flexibility index (Phi) is 3.27. The summed E-state index contributed by atoms with van der Waals surface area (Å²) in [5.74, 6) is 0.264. The average molecular weight is 252 g/mol. The van der Waals surface area contributed by atoms with Gasteiger partial charge in [-0.1, -0.05) is 23.4 Å². The molecule has 2 rings (SSSR count). The molecule has 0 unspecified atom stereocenters. The first-order chi connectivity index (χ1) is 7.65. The van der Waals surface area contributed by atoms with Gasteiger partial charge in [-0.3, -0.25) is 0 Å². The van der Waals surface area contributed by atoms with Crippen LogP contribution in [0.1, 0.15) is 0 Å². The molecular weight excluding hydrogens is 242 g/mol. The van der Waals surface area contributed by atoms with Gasteiger partial charge in [-0.15, -0.1) is 0 Å². The largest absolute Gasteiger partial charge is 0.508 e. The molecule has 0 heterocycles. The van der Waals surface area contributed by atoms with Crippen molar-refractivity contribution in [3.8, 4) is 5.75 Å². The van der Waals surface area contributed by atoms with E-state index in [2.05, 4.69) is 0 Å². The Morgan fingerprint density at radius 3 is 2.25 bits per heavy atom.